The molecule has 2 heterocycles. The number of aromatic nitrogens is 3. The van der Waals surface area contributed by atoms with E-state index in [0.29, 0.717) is 16.7 Å². The molecule has 0 aliphatic carbocycles. The van der Waals surface area contributed by atoms with E-state index in [4.69, 9.17) is 16.3 Å². The zero-order chi connectivity index (χ0) is 12.3. The van der Waals surface area contributed by atoms with Crippen LogP contribution >= 0.6 is 11.6 Å². The first-order valence-electron chi connectivity index (χ1n) is 5.51. The van der Waals surface area contributed by atoms with Crippen molar-refractivity contribution >= 4 is 11.6 Å². The molecule has 0 atom stereocenters. The Hall–Kier alpha value is -1.55. The topological polar surface area (TPSA) is 39.9 Å². The van der Waals surface area contributed by atoms with Crippen molar-refractivity contribution in [3.05, 3.63) is 35.4 Å². The number of rotatable bonds is 4. The molecule has 0 unspecified atom stereocenters. The predicted molar refractivity (Wildman–Crippen MR) is 66.6 cm³/mol. The maximum Gasteiger partial charge on any atom is 0.165 e. The molecule has 0 aliphatic heterocycles. The van der Waals surface area contributed by atoms with Crippen LogP contribution in [0.5, 0.6) is 11.5 Å². The van der Waals surface area contributed by atoms with Crippen molar-refractivity contribution in [1.29, 1.82) is 0 Å². The summed E-state index contributed by atoms with van der Waals surface area (Å²) in [6.45, 7) is 4.92. The quantitative estimate of drug-likeness (QED) is 0.782. The van der Waals surface area contributed by atoms with Gasteiger partial charge >= 0.3 is 0 Å². The highest BCUT2D eigenvalue weighted by Gasteiger charge is 2.05. The standard InChI is InChI=1S/C12H14ClN3O/c1-3-4-16-8-10(7-15-16)17-11-5-12(13)14-6-9(11)2/h5-8H,3-4H2,1-2H3. The first kappa shape index (κ1) is 11.9. The molecule has 2 rings (SSSR count). The minimum atomic E-state index is 0.423. The van der Waals surface area contributed by atoms with Gasteiger partial charge in [0.1, 0.15) is 10.9 Å². The maximum atomic E-state index is 5.83. The van der Waals surface area contributed by atoms with E-state index in [2.05, 4.69) is 17.0 Å². The number of hydrogen-bond donors (Lipinski definition) is 0. The van der Waals surface area contributed by atoms with Gasteiger partial charge in [-0.1, -0.05) is 18.5 Å². The van der Waals surface area contributed by atoms with Crippen LogP contribution in [-0.4, -0.2) is 14.8 Å². The molecular weight excluding hydrogens is 238 g/mol. The van der Waals surface area contributed by atoms with Gasteiger partial charge in [0, 0.05) is 24.4 Å². The van der Waals surface area contributed by atoms with Gasteiger partial charge in [-0.2, -0.15) is 5.10 Å². The van der Waals surface area contributed by atoms with Crippen LogP contribution in [0.3, 0.4) is 0 Å². The molecule has 0 saturated carbocycles. The Labute approximate surface area is 105 Å². The van der Waals surface area contributed by atoms with Crippen LogP contribution in [0.2, 0.25) is 5.15 Å². The Kier molecular flexibility index (Phi) is 3.64. The van der Waals surface area contributed by atoms with Gasteiger partial charge in [-0.05, 0) is 13.3 Å². The number of aryl methyl sites for hydroxylation is 2. The molecular formula is C12H14ClN3O. The lowest BCUT2D eigenvalue weighted by Crippen LogP contribution is -1.95. The summed E-state index contributed by atoms with van der Waals surface area (Å²) >= 11 is 5.83. The van der Waals surface area contributed by atoms with Gasteiger partial charge in [-0.15, -0.1) is 0 Å². The van der Waals surface area contributed by atoms with Crippen LogP contribution < -0.4 is 4.74 Å². The molecule has 0 spiro atoms. The van der Waals surface area contributed by atoms with Crippen molar-refractivity contribution in [2.45, 2.75) is 26.8 Å². The molecule has 0 saturated heterocycles. The molecule has 0 N–H and O–H groups in total. The van der Waals surface area contributed by atoms with Crippen molar-refractivity contribution in [2.75, 3.05) is 0 Å². The van der Waals surface area contributed by atoms with Crippen molar-refractivity contribution < 1.29 is 4.74 Å². The molecule has 2 aromatic heterocycles. The molecule has 90 valence electrons. The average Bonchev–Trinajstić information content (AvgIpc) is 2.72. The zero-order valence-electron chi connectivity index (χ0n) is 9.85. The van der Waals surface area contributed by atoms with Crippen LogP contribution in [0.25, 0.3) is 0 Å². The highest BCUT2D eigenvalue weighted by atomic mass is 35.5. The molecule has 0 fully saturated rings. The monoisotopic (exact) mass is 251 g/mol. The van der Waals surface area contributed by atoms with E-state index in [1.807, 2.05) is 17.8 Å². The van der Waals surface area contributed by atoms with Crippen molar-refractivity contribution in [2.24, 2.45) is 0 Å². The van der Waals surface area contributed by atoms with Crippen molar-refractivity contribution in [1.82, 2.24) is 14.8 Å². The van der Waals surface area contributed by atoms with Crippen molar-refractivity contribution in [3.8, 4) is 11.5 Å². The molecule has 0 aliphatic rings. The van der Waals surface area contributed by atoms with Crippen LogP contribution in [0.15, 0.2) is 24.7 Å². The summed E-state index contributed by atoms with van der Waals surface area (Å²) in [6.07, 6.45) is 6.30. The second-order valence-corrected chi connectivity index (χ2v) is 4.20. The largest absolute Gasteiger partial charge is 0.454 e. The Morgan fingerprint density at radius 2 is 2.24 bits per heavy atom. The SMILES string of the molecule is CCCn1cc(Oc2cc(Cl)ncc2C)cn1. The summed E-state index contributed by atoms with van der Waals surface area (Å²) in [4.78, 5) is 3.98. The Balaban J connectivity index is 2.16. The summed E-state index contributed by atoms with van der Waals surface area (Å²) in [5.41, 5.74) is 0.942. The van der Waals surface area contributed by atoms with E-state index in [0.717, 1.165) is 18.5 Å². The second-order valence-electron chi connectivity index (χ2n) is 3.81. The smallest absolute Gasteiger partial charge is 0.165 e. The summed E-state index contributed by atoms with van der Waals surface area (Å²) in [5.74, 6) is 1.42. The number of halogens is 1. The molecule has 4 nitrogen and oxygen atoms in total. The van der Waals surface area contributed by atoms with Gasteiger partial charge in [0.15, 0.2) is 5.75 Å². The summed E-state index contributed by atoms with van der Waals surface area (Å²) in [7, 11) is 0. The van der Waals surface area contributed by atoms with E-state index < -0.39 is 0 Å². The van der Waals surface area contributed by atoms with Gasteiger partial charge in [0.05, 0.1) is 12.4 Å². The molecule has 0 bridgehead atoms. The van der Waals surface area contributed by atoms with E-state index in [1.165, 1.54) is 0 Å². The minimum absolute atomic E-state index is 0.423. The van der Waals surface area contributed by atoms with Crippen LogP contribution in [-0.2, 0) is 6.54 Å². The highest BCUT2D eigenvalue weighted by Crippen LogP contribution is 2.26. The van der Waals surface area contributed by atoms with Crippen molar-refractivity contribution in [3.63, 3.8) is 0 Å². The molecule has 17 heavy (non-hydrogen) atoms. The fourth-order valence-corrected chi connectivity index (χ4v) is 1.61. The maximum absolute atomic E-state index is 5.83. The third kappa shape index (κ3) is 2.97. The second kappa shape index (κ2) is 5.19. The summed E-state index contributed by atoms with van der Waals surface area (Å²) < 4.78 is 7.56. The average molecular weight is 252 g/mol. The lowest BCUT2D eigenvalue weighted by atomic mass is 10.3. The lowest BCUT2D eigenvalue weighted by molar-refractivity contribution is 0.476. The van der Waals surface area contributed by atoms with Gasteiger partial charge < -0.3 is 4.74 Å². The Morgan fingerprint density at radius 3 is 3.00 bits per heavy atom. The predicted octanol–water partition coefficient (Wildman–Crippen LogP) is 3.44. The molecule has 5 heteroatoms. The van der Waals surface area contributed by atoms with Crippen LogP contribution in [0, 0.1) is 6.92 Å². The molecule has 0 radical (unpaired) electrons. The number of pyridine rings is 1. The van der Waals surface area contributed by atoms with E-state index in [9.17, 15) is 0 Å². The fraction of sp³-hybridized carbons (Fsp3) is 0.333. The lowest BCUT2D eigenvalue weighted by Gasteiger charge is -2.05. The van der Waals surface area contributed by atoms with E-state index >= 15 is 0 Å². The highest BCUT2D eigenvalue weighted by molar-refractivity contribution is 6.29. The number of nitrogens with zero attached hydrogens (tertiary/aromatic N) is 3. The fourth-order valence-electron chi connectivity index (χ4n) is 1.47. The van der Waals surface area contributed by atoms with Gasteiger partial charge in [-0.25, -0.2) is 4.98 Å². The van der Waals surface area contributed by atoms with Gasteiger partial charge in [0.25, 0.3) is 0 Å². The number of ether oxygens (including phenoxy) is 1. The first-order chi connectivity index (χ1) is 8.19. The molecule has 0 aromatic carbocycles. The van der Waals surface area contributed by atoms with Gasteiger partial charge in [0.2, 0.25) is 0 Å². The Bertz CT molecular complexity index is 510. The van der Waals surface area contributed by atoms with Crippen LogP contribution in [0.4, 0.5) is 0 Å². The van der Waals surface area contributed by atoms with Gasteiger partial charge in [-0.3, -0.25) is 4.68 Å². The van der Waals surface area contributed by atoms with E-state index in [1.54, 1.807) is 18.5 Å². The normalized spacial score (nSPS) is 10.5. The molecule has 0 amide bonds. The first-order valence-corrected chi connectivity index (χ1v) is 5.89. The third-order valence-electron chi connectivity index (χ3n) is 2.31. The summed E-state index contributed by atoms with van der Waals surface area (Å²) in [6, 6.07) is 1.70. The zero-order valence-corrected chi connectivity index (χ0v) is 10.6. The van der Waals surface area contributed by atoms with E-state index in [-0.39, 0.29) is 0 Å². The number of hydrogen-bond acceptors (Lipinski definition) is 3. The Morgan fingerprint density at radius 1 is 1.41 bits per heavy atom. The third-order valence-corrected chi connectivity index (χ3v) is 2.52. The molecule has 2 aromatic rings. The van der Waals surface area contributed by atoms with Crippen LogP contribution in [0.1, 0.15) is 18.9 Å². The minimum Gasteiger partial charge on any atom is -0.454 e. The summed E-state index contributed by atoms with van der Waals surface area (Å²) in [5, 5.41) is 4.62.